The van der Waals surface area contributed by atoms with E-state index in [1.54, 1.807) is 0 Å². The van der Waals surface area contributed by atoms with Crippen molar-refractivity contribution in [2.24, 2.45) is 5.41 Å². The highest BCUT2D eigenvalue weighted by Crippen LogP contribution is 2.56. The van der Waals surface area contributed by atoms with E-state index in [-0.39, 0.29) is 0 Å². The molecule has 2 heterocycles. The molecule has 92 valence electrons. The van der Waals surface area contributed by atoms with Crippen molar-refractivity contribution in [3.63, 3.8) is 0 Å². The number of anilines is 1. The zero-order chi connectivity index (χ0) is 12.0. The summed E-state index contributed by atoms with van der Waals surface area (Å²) in [6, 6.07) is 4.69. The molecule has 4 rings (SSSR count). The molecule has 2 aliphatic rings. The van der Waals surface area contributed by atoms with E-state index in [1.807, 2.05) is 30.7 Å². The second-order valence-corrected chi connectivity index (χ2v) is 5.86. The number of hydrogen-bond acceptors (Lipinski definition) is 3. The molecule has 0 saturated heterocycles. The van der Waals surface area contributed by atoms with Crippen molar-refractivity contribution in [3.8, 4) is 0 Å². The molecule has 2 aromatic rings. The fraction of sp³-hybridized carbons (Fsp3) is 0.467. The highest BCUT2D eigenvalue weighted by molar-refractivity contribution is 5.90. The molecule has 2 aliphatic carbocycles. The van der Waals surface area contributed by atoms with Crippen LogP contribution in [0.2, 0.25) is 0 Å². The standard InChI is InChI=1S/C15H17N3/c1-4-15(5-1)8-12(9-15)18-14-13-10-16-6-2-11(13)3-7-17-14/h2-3,6-7,10,12H,1,4-5,8-9H2,(H,17,18). The predicted molar refractivity (Wildman–Crippen MR) is 72.5 cm³/mol. The lowest BCUT2D eigenvalue weighted by Crippen LogP contribution is -2.49. The first-order chi connectivity index (χ1) is 8.85. The molecule has 0 radical (unpaired) electrons. The van der Waals surface area contributed by atoms with Gasteiger partial charge in [0, 0.05) is 30.0 Å². The zero-order valence-electron chi connectivity index (χ0n) is 10.4. The summed E-state index contributed by atoms with van der Waals surface area (Å²) in [5.74, 6) is 1.000. The van der Waals surface area contributed by atoms with Gasteiger partial charge >= 0.3 is 0 Å². The fourth-order valence-corrected chi connectivity index (χ4v) is 3.49. The molecule has 1 N–H and O–H groups in total. The Balaban J connectivity index is 1.56. The van der Waals surface area contributed by atoms with Gasteiger partial charge in [-0.3, -0.25) is 4.98 Å². The molecular formula is C15H17N3. The summed E-state index contributed by atoms with van der Waals surface area (Å²) in [7, 11) is 0. The van der Waals surface area contributed by atoms with Gasteiger partial charge in [0.05, 0.1) is 0 Å². The second kappa shape index (κ2) is 3.67. The number of nitrogens with one attached hydrogen (secondary N) is 1. The Kier molecular flexibility index (Phi) is 2.10. The first-order valence-electron chi connectivity index (χ1n) is 6.80. The van der Waals surface area contributed by atoms with E-state index < -0.39 is 0 Å². The van der Waals surface area contributed by atoms with Gasteiger partial charge in [-0.15, -0.1) is 0 Å². The number of aromatic nitrogens is 2. The van der Waals surface area contributed by atoms with Crippen LogP contribution < -0.4 is 5.32 Å². The number of nitrogens with zero attached hydrogens (tertiary/aromatic N) is 2. The number of hydrogen-bond donors (Lipinski definition) is 1. The van der Waals surface area contributed by atoms with E-state index in [1.165, 1.54) is 37.5 Å². The van der Waals surface area contributed by atoms with Crippen molar-refractivity contribution in [2.45, 2.75) is 38.1 Å². The van der Waals surface area contributed by atoms with Gasteiger partial charge in [0.1, 0.15) is 5.82 Å². The molecule has 2 fully saturated rings. The van der Waals surface area contributed by atoms with Crippen molar-refractivity contribution in [1.29, 1.82) is 0 Å². The van der Waals surface area contributed by atoms with Crippen LogP contribution in [0.4, 0.5) is 5.82 Å². The second-order valence-electron chi connectivity index (χ2n) is 5.86. The summed E-state index contributed by atoms with van der Waals surface area (Å²) in [5.41, 5.74) is 0.709. The Morgan fingerprint density at radius 3 is 2.78 bits per heavy atom. The highest BCUT2D eigenvalue weighted by Gasteiger charge is 2.48. The van der Waals surface area contributed by atoms with Crippen LogP contribution in [0.15, 0.2) is 30.7 Å². The minimum Gasteiger partial charge on any atom is -0.367 e. The largest absolute Gasteiger partial charge is 0.367 e. The number of pyridine rings is 2. The third kappa shape index (κ3) is 1.50. The Bertz CT molecular complexity index is 576. The summed E-state index contributed by atoms with van der Waals surface area (Å²) < 4.78 is 0. The molecule has 18 heavy (non-hydrogen) atoms. The average molecular weight is 239 g/mol. The molecule has 2 saturated carbocycles. The summed E-state index contributed by atoms with van der Waals surface area (Å²) in [6.45, 7) is 0. The molecular weight excluding hydrogens is 222 g/mol. The van der Waals surface area contributed by atoms with Crippen LogP contribution in [0.25, 0.3) is 10.8 Å². The maximum Gasteiger partial charge on any atom is 0.135 e. The SMILES string of the molecule is c1cc2ccnc(NC3CC4(CCC4)C3)c2cn1. The molecule has 0 aromatic carbocycles. The van der Waals surface area contributed by atoms with Gasteiger partial charge in [0.25, 0.3) is 0 Å². The number of fused-ring (bicyclic) bond motifs is 1. The first-order valence-corrected chi connectivity index (χ1v) is 6.80. The topological polar surface area (TPSA) is 37.8 Å². The van der Waals surface area contributed by atoms with Crippen LogP contribution in [0.5, 0.6) is 0 Å². The molecule has 0 bridgehead atoms. The molecule has 0 unspecified atom stereocenters. The minimum absolute atomic E-state index is 0.614. The van der Waals surface area contributed by atoms with Gasteiger partial charge in [-0.1, -0.05) is 6.42 Å². The Labute approximate surface area is 107 Å². The van der Waals surface area contributed by atoms with Gasteiger partial charge in [0.2, 0.25) is 0 Å². The molecule has 0 atom stereocenters. The highest BCUT2D eigenvalue weighted by atomic mass is 15.0. The fourth-order valence-electron chi connectivity index (χ4n) is 3.49. The molecule has 0 aliphatic heterocycles. The van der Waals surface area contributed by atoms with Crippen LogP contribution in [0.1, 0.15) is 32.1 Å². The van der Waals surface area contributed by atoms with Crippen molar-refractivity contribution in [3.05, 3.63) is 30.7 Å². The lowest BCUT2D eigenvalue weighted by molar-refractivity contribution is 0.0191. The summed E-state index contributed by atoms with van der Waals surface area (Å²) in [5, 5.41) is 5.94. The quantitative estimate of drug-likeness (QED) is 0.873. The van der Waals surface area contributed by atoms with Gasteiger partial charge in [-0.25, -0.2) is 4.98 Å². The van der Waals surface area contributed by atoms with Crippen molar-refractivity contribution in [1.82, 2.24) is 9.97 Å². The van der Waals surface area contributed by atoms with Gasteiger partial charge < -0.3 is 5.32 Å². The van der Waals surface area contributed by atoms with E-state index in [0.29, 0.717) is 11.5 Å². The maximum absolute atomic E-state index is 4.47. The van der Waals surface area contributed by atoms with Crippen LogP contribution in [-0.4, -0.2) is 16.0 Å². The lowest BCUT2D eigenvalue weighted by atomic mass is 9.54. The van der Waals surface area contributed by atoms with Crippen LogP contribution in [0.3, 0.4) is 0 Å². The van der Waals surface area contributed by atoms with E-state index in [4.69, 9.17) is 0 Å². The van der Waals surface area contributed by atoms with Crippen LogP contribution in [0, 0.1) is 5.41 Å². The summed E-state index contributed by atoms with van der Waals surface area (Å²) >= 11 is 0. The smallest absolute Gasteiger partial charge is 0.135 e. The van der Waals surface area contributed by atoms with Crippen LogP contribution in [-0.2, 0) is 0 Å². The van der Waals surface area contributed by atoms with Crippen molar-refractivity contribution in [2.75, 3.05) is 5.32 Å². The van der Waals surface area contributed by atoms with E-state index >= 15 is 0 Å². The third-order valence-electron chi connectivity index (χ3n) is 4.68. The predicted octanol–water partition coefficient (Wildman–Crippen LogP) is 3.37. The molecule has 3 heteroatoms. The monoisotopic (exact) mass is 239 g/mol. The number of rotatable bonds is 2. The normalized spacial score (nSPS) is 21.6. The van der Waals surface area contributed by atoms with Crippen molar-refractivity contribution < 1.29 is 0 Å². The third-order valence-corrected chi connectivity index (χ3v) is 4.68. The molecule has 3 nitrogen and oxygen atoms in total. The van der Waals surface area contributed by atoms with E-state index in [9.17, 15) is 0 Å². The lowest BCUT2D eigenvalue weighted by Gasteiger charge is -2.54. The average Bonchev–Trinajstić information content (AvgIpc) is 2.31. The maximum atomic E-state index is 4.47. The zero-order valence-corrected chi connectivity index (χ0v) is 10.4. The van der Waals surface area contributed by atoms with E-state index in [0.717, 1.165) is 11.2 Å². The Morgan fingerprint density at radius 2 is 2.00 bits per heavy atom. The van der Waals surface area contributed by atoms with E-state index in [2.05, 4.69) is 15.3 Å². The Morgan fingerprint density at radius 1 is 1.17 bits per heavy atom. The minimum atomic E-state index is 0.614. The Hall–Kier alpha value is -1.64. The molecule has 0 amide bonds. The molecule has 1 spiro atoms. The van der Waals surface area contributed by atoms with Gasteiger partial charge in [-0.05, 0) is 48.6 Å². The first kappa shape index (κ1) is 10.3. The van der Waals surface area contributed by atoms with Crippen molar-refractivity contribution >= 4 is 16.6 Å². The summed E-state index contributed by atoms with van der Waals surface area (Å²) in [6.07, 6.45) is 12.6. The van der Waals surface area contributed by atoms with Gasteiger partial charge in [-0.2, -0.15) is 0 Å². The summed E-state index contributed by atoms with van der Waals surface area (Å²) in [4.78, 5) is 8.67. The molecule has 2 aromatic heterocycles. The van der Waals surface area contributed by atoms with Gasteiger partial charge in [0.15, 0.2) is 0 Å². The van der Waals surface area contributed by atoms with Crippen LogP contribution >= 0.6 is 0 Å².